The summed E-state index contributed by atoms with van der Waals surface area (Å²) >= 11 is 1.54. The standard InChI is InChI=1S/C6H9NO2S/c1-10-4-5(7)2-3-6(8)9/h5H,4,7H2,1H3,(H,8,9). The molecule has 4 heteroatoms. The predicted molar refractivity (Wildman–Crippen MR) is 41.8 cm³/mol. The average molecular weight is 159 g/mol. The lowest BCUT2D eigenvalue weighted by Crippen LogP contribution is -2.20. The van der Waals surface area contributed by atoms with Gasteiger partial charge in [-0.3, -0.25) is 0 Å². The highest BCUT2D eigenvalue weighted by Crippen LogP contribution is 1.92. The molecule has 0 aromatic carbocycles. The van der Waals surface area contributed by atoms with Crippen LogP contribution in [0.4, 0.5) is 0 Å². The van der Waals surface area contributed by atoms with Crippen LogP contribution < -0.4 is 5.73 Å². The molecule has 3 nitrogen and oxygen atoms in total. The Hall–Kier alpha value is -0.660. The zero-order valence-electron chi connectivity index (χ0n) is 5.63. The number of carboxylic acids is 1. The molecule has 0 aromatic heterocycles. The minimum atomic E-state index is -1.13. The molecule has 0 spiro atoms. The number of carbonyl (C=O) groups is 1. The number of thioether (sulfide) groups is 1. The van der Waals surface area contributed by atoms with Crippen LogP contribution in [0.3, 0.4) is 0 Å². The third-order valence-corrected chi connectivity index (χ3v) is 1.40. The van der Waals surface area contributed by atoms with E-state index in [-0.39, 0.29) is 6.04 Å². The molecule has 0 aromatic rings. The molecule has 0 rings (SSSR count). The highest BCUT2D eigenvalue weighted by Gasteiger charge is 1.94. The number of carboxylic acid groups (broad SMARTS) is 1. The minimum Gasteiger partial charge on any atom is -0.472 e. The molecule has 0 heterocycles. The van der Waals surface area contributed by atoms with Crippen molar-refractivity contribution in [3.8, 4) is 11.8 Å². The number of rotatable bonds is 2. The molecular weight excluding hydrogens is 150 g/mol. The molecule has 3 N–H and O–H groups in total. The molecule has 1 atom stereocenters. The molecule has 10 heavy (non-hydrogen) atoms. The van der Waals surface area contributed by atoms with Crippen LogP contribution in [0.1, 0.15) is 0 Å². The molecule has 0 radical (unpaired) electrons. The summed E-state index contributed by atoms with van der Waals surface area (Å²) in [6, 6.07) is -0.328. The van der Waals surface area contributed by atoms with Gasteiger partial charge in [-0.2, -0.15) is 11.8 Å². The molecule has 0 aliphatic heterocycles. The van der Waals surface area contributed by atoms with Gasteiger partial charge in [0.25, 0.3) is 0 Å². The van der Waals surface area contributed by atoms with Crippen molar-refractivity contribution in [3.05, 3.63) is 0 Å². The van der Waals surface area contributed by atoms with Gasteiger partial charge in [0.2, 0.25) is 0 Å². The van der Waals surface area contributed by atoms with Crippen LogP contribution in [0.15, 0.2) is 0 Å². The van der Waals surface area contributed by atoms with E-state index >= 15 is 0 Å². The summed E-state index contributed by atoms with van der Waals surface area (Å²) < 4.78 is 0. The third-order valence-electron chi connectivity index (χ3n) is 0.711. The van der Waals surface area contributed by atoms with Gasteiger partial charge in [0.15, 0.2) is 0 Å². The number of aliphatic carboxylic acids is 1. The van der Waals surface area contributed by atoms with Crippen molar-refractivity contribution in [3.63, 3.8) is 0 Å². The average Bonchev–Trinajstić information content (AvgIpc) is 1.85. The Morgan fingerprint density at radius 3 is 2.90 bits per heavy atom. The van der Waals surface area contributed by atoms with E-state index in [2.05, 4.69) is 5.92 Å². The first-order valence-electron chi connectivity index (χ1n) is 2.65. The molecule has 0 fully saturated rings. The quantitative estimate of drug-likeness (QED) is 0.546. The van der Waals surface area contributed by atoms with Crippen molar-refractivity contribution in [1.82, 2.24) is 0 Å². The Kier molecular flexibility index (Phi) is 4.81. The maximum atomic E-state index is 9.87. The van der Waals surface area contributed by atoms with Gasteiger partial charge in [0.05, 0.1) is 6.04 Å². The first kappa shape index (κ1) is 9.34. The van der Waals surface area contributed by atoms with E-state index in [1.165, 1.54) is 0 Å². The van der Waals surface area contributed by atoms with E-state index in [0.29, 0.717) is 5.75 Å². The minimum absolute atomic E-state index is 0.328. The Morgan fingerprint density at radius 1 is 1.90 bits per heavy atom. The van der Waals surface area contributed by atoms with Gasteiger partial charge < -0.3 is 10.8 Å². The van der Waals surface area contributed by atoms with Crippen LogP contribution in [0.25, 0.3) is 0 Å². The topological polar surface area (TPSA) is 63.3 Å². The Morgan fingerprint density at radius 2 is 2.50 bits per heavy atom. The van der Waals surface area contributed by atoms with Gasteiger partial charge in [-0.1, -0.05) is 5.92 Å². The van der Waals surface area contributed by atoms with Gasteiger partial charge in [0, 0.05) is 11.7 Å². The summed E-state index contributed by atoms with van der Waals surface area (Å²) in [5.41, 5.74) is 5.37. The van der Waals surface area contributed by atoms with Crippen LogP contribution in [-0.2, 0) is 4.79 Å². The maximum Gasteiger partial charge on any atom is 0.381 e. The van der Waals surface area contributed by atoms with E-state index in [1.54, 1.807) is 11.8 Å². The first-order chi connectivity index (χ1) is 4.66. The van der Waals surface area contributed by atoms with Crippen molar-refractivity contribution in [2.24, 2.45) is 5.73 Å². The lowest BCUT2D eigenvalue weighted by molar-refractivity contribution is -0.130. The fraction of sp³-hybridized carbons (Fsp3) is 0.500. The third kappa shape index (κ3) is 5.48. The summed E-state index contributed by atoms with van der Waals surface area (Å²) in [4.78, 5) is 9.87. The van der Waals surface area contributed by atoms with Crippen LogP contribution in [0, 0.1) is 11.8 Å². The molecule has 1 unspecified atom stereocenters. The van der Waals surface area contributed by atoms with Crippen LogP contribution in [0.2, 0.25) is 0 Å². The van der Waals surface area contributed by atoms with Crippen LogP contribution >= 0.6 is 11.8 Å². The second-order valence-electron chi connectivity index (χ2n) is 1.64. The second-order valence-corrected chi connectivity index (χ2v) is 2.55. The summed E-state index contributed by atoms with van der Waals surface area (Å²) in [6.45, 7) is 0. The molecule has 0 aliphatic rings. The molecule has 0 bridgehead atoms. The van der Waals surface area contributed by atoms with Crippen molar-refractivity contribution >= 4 is 17.7 Å². The fourth-order valence-corrected chi connectivity index (χ4v) is 0.818. The first-order valence-corrected chi connectivity index (χ1v) is 4.05. The fourth-order valence-electron chi connectivity index (χ4n) is 0.376. The Labute approximate surface area is 64.0 Å². The highest BCUT2D eigenvalue weighted by molar-refractivity contribution is 7.98. The Balaban J connectivity index is 3.68. The van der Waals surface area contributed by atoms with E-state index in [0.717, 1.165) is 0 Å². The summed E-state index contributed by atoms with van der Waals surface area (Å²) in [6.07, 6.45) is 1.89. The lowest BCUT2D eigenvalue weighted by Gasteiger charge is -1.97. The maximum absolute atomic E-state index is 9.87. The van der Waals surface area contributed by atoms with Gasteiger partial charge in [-0.15, -0.1) is 0 Å². The molecule has 0 amide bonds. The Bertz CT molecular complexity index is 170. The summed E-state index contributed by atoms with van der Waals surface area (Å²) in [7, 11) is 0. The van der Waals surface area contributed by atoms with Crippen LogP contribution in [-0.4, -0.2) is 29.1 Å². The monoisotopic (exact) mass is 159 g/mol. The van der Waals surface area contributed by atoms with E-state index in [9.17, 15) is 4.79 Å². The largest absolute Gasteiger partial charge is 0.472 e. The van der Waals surface area contributed by atoms with Crippen molar-refractivity contribution < 1.29 is 9.90 Å². The van der Waals surface area contributed by atoms with E-state index < -0.39 is 5.97 Å². The normalized spacial score (nSPS) is 11.4. The molecular formula is C6H9NO2S. The zero-order chi connectivity index (χ0) is 7.98. The predicted octanol–water partition coefficient (Wildman–Crippen LogP) is -0.235. The number of nitrogens with two attached hydrogens (primary N) is 1. The van der Waals surface area contributed by atoms with E-state index in [4.69, 9.17) is 10.8 Å². The van der Waals surface area contributed by atoms with E-state index in [1.807, 2.05) is 12.2 Å². The molecule has 0 aliphatic carbocycles. The van der Waals surface area contributed by atoms with Gasteiger partial charge >= 0.3 is 5.97 Å². The SMILES string of the molecule is CSCC(N)C#CC(=O)O. The smallest absolute Gasteiger partial charge is 0.381 e. The van der Waals surface area contributed by atoms with Crippen molar-refractivity contribution in [1.29, 1.82) is 0 Å². The van der Waals surface area contributed by atoms with Crippen LogP contribution in [0.5, 0.6) is 0 Å². The number of hydrogen-bond acceptors (Lipinski definition) is 3. The van der Waals surface area contributed by atoms with Crippen molar-refractivity contribution in [2.45, 2.75) is 6.04 Å². The van der Waals surface area contributed by atoms with Crippen molar-refractivity contribution in [2.75, 3.05) is 12.0 Å². The molecule has 0 saturated carbocycles. The highest BCUT2D eigenvalue weighted by atomic mass is 32.2. The van der Waals surface area contributed by atoms with Gasteiger partial charge in [-0.25, -0.2) is 4.79 Å². The van der Waals surface area contributed by atoms with Gasteiger partial charge in [0.1, 0.15) is 0 Å². The number of hydrogen-bond donors (Lipinski definition) is 2. The summed E-state index contributed by atoms with van der Waals surface area (Å²) in [5, 5.41) is 8.09. The lowest BCUT2D eigenvalue weighted by atomic mass is 10.4. The van der Waals surface area contributed by atoms with Gasteiger partial charge in [-0.05, 0) is 6.26 Å². The molecule has 0 saturated heterocycles. The zero-order valence-corrected chi connectivity index (χ0v) is 6.44. The summed E-state index contributed by atoms with van der Waals surface area (Å²) in [5.74, 6) is 3.89. The molecule has 56 valence electrons. The second kappa shape index (κ2) is 5.15.